The van der Waals surface area contributed by atoms with Crippen molar-refractivity contribution in [3.05, 3.63) is 34.3 Å². The van der Waals surface area contributed by atoms with Gasteiger partial charge in [0.15, 0.2) is 0 Å². The Balaban J connectivity index is 1.86. The molecule has 0 spiro atoms. The van der Waals surface area contributed by atoms with E-state index in [0.717, 1.165) is 30.5 Å². The molecule has 1 fully saturated rings. The summed E-state index contributed by atoms with van der Waals surface area (Å²) in [6, 6.07) is 8.54. The normalized spacial score (nSPS) is 22.2. The van der Waals surface area contributed by atoms with E-state index in [0.29, 0.717) is 5.92 Å². The molecule has 2 N–H and O–H groups in total. The third-order valence-electron chi connectivity index (χ3n) is 3.10. The molecule has 1 aromatic rings. The summed E-state index contributed by atoms with van der Waals surface area (Å²) in [5.41, 5.74) is 7.48. The van der Waals surface area contributed by atoms with Gasteiger partial charge in [-0.3, -0.25) is 0 Å². The number of rotatable bonds is 4. The molecule has 0 amide bonds. The fourth-order valence-corrected chi connectivity index (χ4v) is 2.67. The van der Waals surface area contributed by atoms with Crippen molar-refractivity contribution < 1.29 is 4.74 Å². The Morgan fingerprint density at radius 3 is 2.94 bits per heavy atom. The van der Waals surface area contributed by atoms with Crippen LogP contribution >= 0.6 is 15.9 Å². The molecular formula is C13H18BrNO. The first-order chi connectivity index (χ1) is 7.75. The predicted octanol–water partition coefficient (Wildman–Crippen LogP) is 2.75. The molecule has 1 aliphatic rings. The van der Waals surface area contributed by atoms with Crippen LogP contribution in [0.3, 0.4) is 0 Å². The summed E-state index contributed by atoms with van der Waals surface area (Å²) in [4.78, 5) is 0. The topological polar surface area (TPSA) is 35.2 Å². The van der Waals surface area contributed by atoms with Crippen LogP contribution in [0.2, 0.25) is 0 Å². The molecule has 0 radical (unpaired) electrons. The summed E-state index contributed by atoms with van der Waals surface area (Å²) < 4.78 is 6.53. The maximum Gasteiger partial charge on any atom is 0.0495 e. The number of nitrogens with two attached hydrogens (primary N) is 1. The molecule has 16 heavy (non-hydrogen) atoms. The molecule has 1 aromatic carbocycles. The van der Waals surface area contributed by atoms with Gasteiger partial charge in [0.25, 0.3) is 0 Å². The molecule has 3 heteroatoms. The zero-order chi connectivity index (χ0) is 11.4. The van der Waals surface area contributed by atoms with Crippen LogP contribution < -0.4 is 5.73 Å². The summed E-state index contributed by atoms with van der Waals surface area (Å²) in [5.74, 6) is 0.664. The van der Waals surface area contributed by atoms with E-state index in [1.165, 1.54) is 12.0 Å². The average Bonchev–Trinajstić information content (AvgIpc) is 2.74. The van der Waals surface area contributed by atoms with Crippen LogP contribution in [-0.4, -0.2) is 19.3 Å². The SMILES string of the molecule is NC(Cc1ccccc1Br)CC1CCOC1. The van der Waals surface area contributed by atoms with Gasteiger partial charge in [-0.25, -0.2) is 0 Å². The highest BCUT2D eigenvalue weighted by atomic mass is 79.9. The molecule has 2 atom stereocenters. The van der Waals surface area contributed by atoms with Crippen molar-refractivity contribution in [3.63, 3.8) is 0 Å². The van der Waals surface area contributed by atoms with E-state index in [1.807, 2.05) is 6.07 Å². The van der Waals surface area contributed by atoms with Gasteiger partial charge in [0.2, 0.25) is 0 Å². The lowest BCUT2D eigenvalue weighted by molar-refractivity contribution is 0.182. The zero-order valence-corrected chi connectivity index (χ0v) is 10.9. The highest BCUT2D eigenvalue weighted by molar-refractivity contribution is 9.10. The summed E-state index contributed by atoms with van der Waals surface area (Å²) in [7, 11) is 0. The quantitative estimate of drug-likeness (QED) is 0.922. The second-order valence-corrected chi connectivity index (χ2v) is 5.38. The van der Waals surface area contributed by atoms with Gasteiger partial charge in [0.05, 0.1) is 0 Å². The van der Waals surface area contributed by atoms with Gasteiger partial charge >= 0.3 is 0 Å². The summed E-state index contributed by atoms with van der Waals surface area (Å²) in [6.07, 6.45) is 3.18. The molecule has 0 aromatic heterocycles. The van der Waals surface area contributed by atoms with Crippen molar-refractivity contribution in [2.24, 2.45) is 11.7 Å². The van der Waals surface area contributed by atoms with Gasteiger partial charge in [0, 0.05) is 23.7 Å². The third-order valence-corrected chi connectivity index (χ3v) is 3.87. The summed E-state index contributed by atoms with van der Waals surface area (Å²) in [6.45, 7) is 1.80. The zero-order valence-electron chi connectivity index (χ0n) is 9.36. The minimum Gasteiger partial charge on any atom is -0.381 e. The molecule has 2 nitrogen and oxygen atoms in total. The highest BCUT2D eigenvalue weighted by Crippen LogP contribution is 2.22. The first-order valence-corrected chi connectivity index (χ1v) is 6.61. The van der Waals surface area contributed by atoms with Gasteiger partial charge in [-0.2, -0.15) is 0 Å². The number of benzene rings is 1. The van der Waals surface area contributed by atoms with E-state index in [-0.39, 0.29) is 6.04 Å². The first-order valence-electron chi connectivity index (χ1n) is 5.82. The van der Waals surface area contributed by atoms with Gasteiger partial charge in [-0.15, -0.1) is 0 Å². The molecule has 2 unspecified atom stereocenters. The van der Waals surface area contributed by atoms with Crippen LogP contribution in [0, 0.1) is 5.92 Å². The largest absolute Gasteiger partial charge is 0.381 e. The van der Waals surface area contributed by atoms with Crippen molar-refractivity contribution >= 4 is 15.9 Å². The van der Waals surface area contributed by atoms with Crippen LogP contribution in [0.5, 0.6) is 0 Å². The molecule has 1 saturated heterocycles. The van der Waals surface area contributed by atoms with Crippen LogP contribution in [0.1, 0.15) is 18.4 Å². The first kappa shape index (κ1) is 12.1. The van der Waals surface area contributed by atoms with E-state index < -0.39 is 0 Å². The summed E-state index contributed by atoms with van der Waals surface area (Å²) in [5, 5.41) is 0. The second kappa shape index (κ2) is 5.80. The fraction of sp³-hybridized carbons (Fsp3) is 0.538. The third kappa shape index (κ3) is 3.30. The summed E-state index contributed by atoms with van der Waals surface area (Å²) >= 11 is 3.56. The Morgan fingerprint density at radius 2 is 2.25 bits per heavy atom. The second-order valence-electron chi connectivity index (χ2n) is 4.52. The molecular weight excluding hydrogens is 266 g/mol. The van der Waals surface area contributed by atoms with E-state index in [2.05, 4.69) is 34.1 Å². The van der Waals surface area contributed by atoms with E-state index in [4.69, 9.17) is 10.5 Å². The van der Waals surface area contributed by atoms with Crippen LogP contribution in [0.4, 0.5) is 0 Å². The van der Waals surface area contributed by atoms with E-state index in [9.17, 15) is 0 Å². The van der Waals surface area contributed by atoms with Crippen LogP contribution in [0.15, 0.2) is 28.7 Å². The number of halogens is 1. The number of hydrogen-bond acceptors (Lipinski definition) is 2. The van der Waals surface area contributed by atoms with Crippen molar-refractivity contribution in [2.45, 2.75) is 25.3 Å². The molecule has 1 aliphatic heterocycles. The minimum atomic E-state index is 0.241. The maximum absolute atomic E-state index is 6.18. The number of ether oxygens (including phenoxy) is 1. The Bertz CT molecular complexity index is 336. The molecule has 0 aliphatic carbocycles. The van der Waals surface area contributed by atoms with Crippen molar-refractivity contribution in [1.82, 2.24) is 0 Å². The van der Waals surface area contributed by atoms with Gasteiger partial charge in [-0.1, -0.05) is 34.1 Å². The van der Waals surface area contributed by atoms with Crippen LogP contribution in [-0.2, 0) is 11.2 Å². The Morgan fingerprint density at radius 1 is 1.44 bits per heavy atom. The number of hydrogen-bond donors (Lipinski definition) is 1. The van der Waals surface area contributed by atoms with E-state index >= 15 is 0 Å². The Labute approximate surface area is 105 Å². The smallest absolute Gasteiger partial charge is 0.0495 e. The van der Waals surface area contributed by atoms with Crippen molar-refractivity contribution in [3.8, 4) is 0 Å². The minimum absolute atomic E-state index is 0.241. The van der Waals surface area contributed by atoms with Crippen LogP contribution in [0.25, 0.3) is 0 Å². The highest BCUT2D eigenvalue weighted by Gasteiger charge is 2.19. The monoisotopic (exact) mass is 283 g/mol. The molecule has 2 rings (SSSR count). The lowest BCUT2D eigenvalue weighted by Crippen LogP contribution is -2.26. The van der Waals surface area contributed by atoms with E-state index in [1.54, 1.807) is 0 Å². The molecule has 0 saturated carbocycles. The van der Waals surface area contributed by atoms with Gasteiger partial charge in [0.1, 0.15) is 0 Å². The molecule has 88 valence electrons. The lowest BCUT2D eigenvalue weighted by Gasteiger charge is -2.16. The fourth-order valence-electron chi connectivity index (χ4n) is 2.23. The molecule has 0 bridgehead atoms. The predicted molar refractivity (Wildman–Crippen MR) is 69.4 cm³/mol. The van der Waals surface area contributed by atoms with Gasteiger partial charge in [-0.05, 0) is 36.8 Å². The maximum atomic E-state index is 6.18. The molecule has 1 heterocycles. The Kier molecular flexibility index (Phi) is 4.38. The Hall–Kier alpha value is -0.380. The average molecular weight is 284 g/mol. The van der Waals surface area contributed by atoms with Crippen molar-refractivity contribution in [1.29, 1.82) is 0 Å². The standard InChI is InChI=1S/C13H18BrNO/c14-13-4-2-1-3-11(13)8-12(15)7-10-5-6-16-9-10/h1-4,10,12H,5-9,15H2. The lowest BCUT2D eigenvalue weighted by atomic mass is 9.95. The van der Waals surface area contributed by atoms with Crippen molar-refractivity contribution in [2.75, 3.05) is 13.2 Å². The van der Waals surface area contributed by atoms with Gasteiger partial charge < -0.3 is 10.5 Å².